The summed E-state index contributed by atoms with van der Waals surface area (Å²) in [6, 6.07) is 8.95. The van der Waals surface area contributed by atoms with Gasteiger partial charge in [-0.3, -0.25) is 0 Å². The summed E-state index contributed by atoms with van der Waals surface area (Å²) in [6.07, 6.45) is 5.88. The minimum Gasteiger partial charge on any atom is -0.313 e. The van der Waals surface area contributed by atoms with Gasteiger partial charge in [0.05, 0.1) is 11.0 Å². The van der Waals surface area contributed by atoms with Crippen LogP contribution in [0, 0.1) is 0 Å². The summed E-state index contributed by atoms with van der Waals surface area (Å²) in [5.41, 5.74) is 2.79. The molecule has 0 aliphatic heterocycles. The van der Waals surface area contributed by atoms with Crippen LogP contribution in [0.5, 0.6) is 0 Å². The number of hydrogen-bond donors (Lipinski definition) is 2. The molecule has 0 fully saturated rings. The molecule has 0 heterocycles. The molecule has 0 aliphatic rings. The standard InChI is InChI=1S/C18H32N2OS/c1-4-5-8-17-9-11-18(12-10-17)15-19-13-6-7-14-20-22(21)16(2)3/h9-12,16,19-20H,4-8,13-15H2,1-3H3. The van der Waals surface area contributed by atoms with Crippen molar-refractivity contribution >= 4 is 11.0 Å². The van der Waals surface area contributed by atoms with Crippen molar-refractivity contribution in [1.82, 2.24) is 10.0 Å². The Balaban J connectivity index is 2.06. The van der Waals surface area contributed by atoms with E-state index in [4.69, 9.17) is 0 Å². The molecule has 126 valence electrons. The van der Waals surface area contributed by atoms with Crippen LogP contribution in [-0.4, -0.2) is 22.5 Å². The van der Waals surface area contributed by atoms with Crippen LogP contribution in [-0.2, 0) is 24.0 Å². The summed E-state index contributed by atoms with van der Waals surface area (Å²) in [5.74, 6) is 0. The van der Waals surface area contributed by atoms with E-state index in [0.29, 0.717) is 0 Å². The Kier molecular flexibility index (Phi) is 10.4. The predicted octanol–water partition coefficient (Wildman–Crippen LogP) is 3.56. The molecule has 1 atom stereocenters. The quantitative estimate of drug-likeness (QED) is 0.577. The molecule has 0 saturated heterocycles. The van der Waals surface area contributed by atoms with Gasteiger partial charge in [-0.1, -0.05) is 37.6 Å². The molecule has 1 aromatic rings. The number of nitrogens with one attached hydrogen (secondary N) is 2. The van der Waals surface area contributed by atoms with E-state index < -0.39 is 11.0 Å². The average molecular weight is 325 g/mol. The van der Waals surface area contributed by atoms with E-state index >= 15 is 0 Å². The Bertz CT molecular complexity index is 418. The lowest BCUT2D eigenvalue weighted by molar-refractivity contribution is 0.612. The third kappa shape index (κ3) is 8.66. The van der Waals surface area contributed by atoms with Gasteiger partial charge >= 0.3 is 0 Å². The number of aryl methyl sites for hydroxylation is 1. The van der Waals surface area contributed by atoms with Crippen molar-refractivity contribution in [3.05, 3.63) is 35.4 Å². The molecule has 0 saturated carbocycles. The zero-order chi connectivity index (χ0) is 16.2. The second-order valence-corrected chi connectivity index (χ2v) is 7.87. The maximum absolute atomic E-state index is 11.5. The van der Waals surface area contributed by atoms with Crippen molar-refractivity contribution in [3.63, 3.8) is 0 Å². The molecule has 22 heavy (non-hydrogen) atoms. The molecule has 0 amide bonds. The van der Waals surface area contributed by atoms with Crippen LogP contribution in [0.25, 0.3) is 0 Å². The van der Waals surface area contributed by atoms with E-state index in [0.717, 1.165) is 32.5 Å². The van der Waals surface area contributed by atoms with Crippen molar-refractivity contribution in [2.45, 2.75) is 64.7 Å². The molecule has 3 nitrogen and oxygen atoms in total. The lowest BCUT2D eigenvalue weighted by atomic mass is 10.1. The summed E-state index contributed by atoms with van der Waals surface area (Å²) in [6.45, 7) is 8.94. The number of rotatable bonds is 12. The molecule has 0 spiro atoms. The topological polar surface area (TPSA) is 41.1 Å². The van der Waals surface area contributed by atoms with E-state index in [2.05, 4.69) is 41.2 Å². The third-order valence-electron chi connectivity index (χ3n) is 3.62. The zero-order valence-electron chi connectivity index (χ0n) is 14.4. The second-order valence-electron chi connectivity index (χ2n) is 6.04. The van der Waals surface area contributed by atoms with Crippen LogP contribution in [0.3, 0.4) is 0 Å². The first-order valence-corrected chi connectivity index (χ1v) is 9.77. The molecule has 1 unspecified atom stereocenters. The van der Waals surface area contributed by atoms with Gasteiger partial charge in [0.2, 0.25) is 0 Å². The van der Waals surface area contributed by atoms with Gasteiger partial charge in [0.25, 0.3) is 0 Å². The largest absolute Gasteiger partial charge is 0.313 e. The fraction of sp³-hybridized carbons (Fsp3) is 0.667. The molecule has 0 aromatic heterocycles. The van der Waals surface area contributed by atoms with E-state index in [1.807, 2.05) is 13.8 Å². The van der Waals surface area contributed by atoms with Gasteiger partial charge in [-0.25, -0.2) is 8.93 Å². The van der Waals surface area contributed by atoms with Crippen molar-refractivity contribution in [2.75, 3.05) is 13.1 Å². The van der Waals surface area contributed by atoms with Crippen molar-refractivity contribution in [3.8, 4) is 0 Å². The molecule has 0 bridgehead atoms. The second kappa shape index (κ2) is 11.8. The van der Waals surface area contributed by atoms with Gasteiger partial charge in [0, 0.05) is 18.3 Å². The van der Waals surface area contributed by atoms with Crippen LogP contribution in [0.2, 0.25) is 0 Å². The normalized spacial score (nSPS) is 12.7. The maximum Gasteiger partial charge on any atom is 0.0941 e. The van der Waals surface area contributed by atoms with Crippen molar-refractivity contribution in [1.29, 1.82) is 0 Å². The Labute approximate surface area is 138 Å². The number of unbranched alkanes of at least 4 members (excludes halogenated alkanes) is 2. The first-order chi connectivity index (χ1) is 10.6. The molecule has 2 N–H and O–H groups in total. The highest BCUT2D eigenvalue weighted by Gasteiger charge is 2.02. The van der Waals surface area contributed by atoms with Crippen LogP contribution in [0.4, 0.5) is 0 Å². The van der Waals surface area contributed by atoms with Crippen LogP contribution in [0.1, 0.15) is 57.6 Å². The summed E-state index contributed by atoms with van der Waals surface area (Å²) in [4.78, 5) is 0. The van der Waals surface area contributed by atoms with Crippen LogP contribution < -0.4 is 10.0 Å². The highest BCUT2D eigenvalue weighted by Crippen LogP contribution is 2.07. The summed E-state index contributed by atoms with van der Waals surface area (Å²) in [7, 11) is -0.884. The van der Waals surface area contributed by atoms with Gasteiger partial charge in [-0.2, -0.15) is 0 Å². The van der Waals surface area contributed by atoms with Crippen LogP contribution in [0.15, 0.2) is 24.3 Å². The summed E-state index contributed by atoms with van der Waals surface area (Å²) >= 11 is 0. The summed E-state index contributed by atoms with van der Waals surface area (Å²) < 4.78 is 14.6. The van der Waals surface area contributed by atoms with Gasteiger partial charge in [-0.15, -0.1) is 0 Å². The Morgan fingerprint density at radius 2 is 1.64 bits per heavy atom. The van der Waals surface area contributed by atoms with Crippen molar-refractivity contribution in [2.24, 2.45) is 0 Å². The molecule has 1 aromatic carbocycles. The molecule has 0 radical (unpaired) electrons. The van der Waals surface area contributed by atoms with E-state index in [-0.39, 0.29) is 5.25 Å². The molecular formula is C18H32N2OS. The van der Waals surface area contributed by atoms with E-state index in [1.54, 1.807) is 0 Å². The van der Waals surface area contributed by atoms with E-state index in [1.165, 1.54) is 30.4 Å². The third-order valence-corrected chi connectivity index (χ3v) is 4.97. The molecule has 0 aliphatic carbocycles. The lowest BCUT2D eigenvalue weighted by Gasteiger charge is -2.08. The molecular weight excluding hydrogens is 292 g/mol. The Morgan fingerprint density at radius 1 is 1.00 bits per heavy atom. The number of hydrogen-bond acceptors (Lipinski definition) is 2. The first kappa shape index (κ1) is 19.3. The Morgan fingerprint density at radius 3 is 2.27 bits per heavy atom. The van der Waals surface area contributed by atoms with Gasteiger partial charge < -0.3 is 5.32 Å². The monoisotopic (exact) mass is 324 g/mol. The highest BCUT2D eigenvalue weighted by atomic mass is 32.2. The SMILES string of the molecule is CCCCc1ccc(CNCCCCNS(=O)C(C)C)cc1. The number of benzene rings is 1. The molecule has 1 rings (SSSR count). The maximum atomic E-state index is 11.5. The molecule has 4 heteroatoms. The van der Waals surface area contributed by atoms with Gasteiger partial charge in [0.1, 0.15) is 0 Å². The predicted molar refractivity (Wildman–Crippen MR) is 97.3 cm³/mol. The van der Waals surface area contributed by atoms with E-state index in [9.17, 15) is 4.21 Å². The minimum atomic E-state index is -0.884. The Hall–Kier alpha value is -0.710. The minimum absolute atomic E-state index is 0.193. The smallest absolute Gasteiger partial charge is 0.0941 e. The average Bonchev–Trinajstić information content (AvgIpc) is 2.52. The first-order valence-electron chi connectivity index (χ1n) is 8.56. The van der Waals surface area contributed by atoms with Gasteiger partial charge in [0.15, 0.2) is 0 Å². The fourth-order valence-corrected chi connectivity index (χ4v) is 2.83. The fourth-order valence-electron chi connectivity index (χ4n) is 2.15. The zero-order valence-corrected chi connectivity index (χ0v) is 15.2. The van der Waals surface area contributed by atoms with Crippen LogP contribution >= 0.6 is 0 Å². The van der Waals surface area contributed by atoms with Gasteiger partial charge in [-0.05, 0) is 57.2 Å². The lowest BCUT2D eigenvalue weighted by Crippen LogP contribution is -2.25. The highest BCUT2D eigenvalue weighted by molar-refractivity contribution is 7.83. The van der Waals surface area contributed by atoms with Crippen molar-refractivity contribution < 1.29 is 4.21 Å². The summed E-state index contributed by atoms with van der Waals surface area (Å²) in [5, 5.41) is 3.66.